The van der Waals surface area contributed by atoms with Gasteiger partial charge in [0.2, 0.25) is 0 Å². The third-order valence-corrected chi connectivity index (χ3v) is 3.28. The molecule has 0 bridgehead atoms. The number of amides is 1. The molecule has 1 aliphatic heterocycles. The Morgan fingerprint density at radius 2 is 2.10 bits per heavy atom. The summed E-state index contributed by atoms with van der Waals surface area (Å²) in [5.41, 5.74) is 1.83. The van der Waals surface area contributed by atoms with Gasteiger partial charge in [0.1, 0.15) is 0 Å². The Morgan fingerprint density at radius 3 is 2.75 bits per heavy atom. The summed E-state index contributed by atoms with van der Waals surface area (Å²) in [6.45, 7) is 2.44. The van der Waals surface area contributed by atoms with Crippen molar-refractivity contribution in [3.8, 4) is 11.5 Å². The number of ether oxygens (including phenoxy) is 2. The molecule has 1 heterocycles. The zero-order valence-electron chi connectivity index (χ0n) is 11.9. The fourth-order valence-corrected chi connectivity index (χ4v) is 2.10. The van der Waals surface area contributed by atoms with Crippen molar-refractivity contribution < 1.29 is 14.3 Å². The Labute approximate surface area is 119 Å². The van der Waals surface area contributed by atoms with E-state index in [0.717, 1.165) is 19.5 Å². The van der Waals surface area contributed by atoms with Gasteiger partial charge in [-0.25, -0.2) is 0 Å². The molecule has 2 rings (SSSR count). The van der Waals surface area contributed by atoms with E-state index in [4.69, 9.17) is 9.47 Å². The van der Waals surface area contributed by atoms with E-state index in [0.29, 0.717) is 23.6 Å². The largest absolute Gasteiger partial charge is 0.493 e. The molecule has 0 radical (unpaired) electrons. The Hall–Kier alpha value is -2.01. The van der Waals surface area contributed by atoms with E-state index in [1.54, 1.807) is 32.4 Å². The SMILES string of the molecule is COc1ccc(C(=O)NCC2=CCNCC2)cc1OC. The number of hydrogen-bond donors (Lipinski definition) is 2. The number of carbonyl (C=O) groups excluding carboxylic acids is 1. The molecule has 0 aliphatic carbocycles. The first-order valence-corrected chi connectivity index (χ1v) is 6.63. The number of nitrogens with one attached hydrogen (secondary N) is 2. The van der Waals surface area contributed by atoms with Crippen LogP contribution < -0.4 is 20.1 Å². The zero-order chi connectivity index (χ0) is 14.4. The summed E-state index contributed by atoms with van der Waals surface area (Å²) in [6, 6.07) is 5.15. The standard InChI is InChI=1S/C15H20N2O3/c1-19-13-4-3-12(9-14(13)20-2)15(18)17-10-11-5-7-16-8-6-11/h3-5,9,16H,6-8,10H2,1-2H3,(H,17,18). The lowest BCUT2D eigenvalue weighted by Crippen LogP contribution is -2.29. The second-order valence-electron chi connectivity index (χ2n) is 4.57. The number of rotatable bonds is 5. The smallest absolute Gasteiger partial charge is 0.251 e. The topological polar surface area (TPSA) is 59.6 Å². The predicted octanol–water partition coefficient (Wildman–Crippen LogP) is 1.35. The molecule has 0 unspecified atom stereocenters. The second-order valence-corrected chi connectivity index (χ2v) is 4.57. The van der Waals surface area contributed by atoms with Crippen LogP contribution in [-0.4, -0.2) is 39.8 Å². The summed E-state index contributed by atoms with van der Waals surface area (Å²) in [5, 5.41) is 6.17. The van der Waals surface area contributed by atoms with Gasteiger partial charge >= 0.3 is 0 Å². The van der Waals surface area contributed by atoms with Gasteiger partial charge in [-0.1, -0.05) is 11.6 Å². The van der Waals surface area contributed by atoms with Crippen LogP contribution in [0.15, 0.2) is 29.8 Å². The van der Waals surface area contributed by atoms with Crippen LogP contribution in [0.4, 0.5) is 0 Å². The van der Waals surface area contributed by atoms with Gasteiger partial charge < -0.3 is 20.1 Å². The Morgan fingerprint density at radius 1 is 1.30 bits per heavy atom. The average molecular weight is 276 g/mol. The molecular formula is C15H20N2O3. The lowest BCUT2D eigenvalue weighted by atomic mass is 10.1. The van der Waals surface area contributed by atoms with Crippen molar-refractivity contribution in [2.75, 3.05) is 33.9 Å². The molecule has 0 spiro atoms. The number of carbonyl (C=O) groups is 1. The van der Waals surface area contributed by atoms with Gasteiger partial charge in [-0.15, -0.1) is 0 Å². The van der Waals surface area contributed by atoms with E-state index in [1.807, 2.05) is 0 Å². The lowest BCUT2D eigenvalue weighted by Gasteiger charge is -2.15. The van der Waals surface area contributed by atoms with Crippen LogP contribution in [0.3, 0.4) is 0 Å². The molecule has 0 aromatic heterocycles. The highest BCUT2D eigenvalue weighted by atomic mass is 16.5. The minimum absolute atomic E-state index is 0.106. The fraction of sp³-hybridized carbons (Fsp3) is 0.400. The first kappa shape index (κ1) is 14.4. The van der Waals surface area contributed by atoms with Crippen molar-refractivity contribution in [2.24, 2.45) is 0 Å². The van der Waals surface area contributed by atoms with Crippen LogP contribution in [-0.2, 0) is 0 Å². The highest BCUT2D eigenvalue weighted by molar-refractivity contribution is 5.95. The molecule has 0 fully saturated rings. The summed E-state index contributed by atoms with van der Waals surface area (Å²) in [6.07, 6.45) is 3.10. The Balaban J connectivity index is 2.00. The molecule has 0 saturated heterocycles. The summed E-state index contributed by atoms with van der Waals surface area (Å²) < 4.78 is 10.4. The maximum Gasteiger partial charge on any atom is 0.251 e. The molecule has 0 atom stereocenters. The Bertz CT molecular complexity index is 512. The third kappa shape index (κ3) is 3.51. The van der Waals surface area contributed by atoms with Crippen molar-refractivity contribution >= 4 is 5.91 Å². The van der Waals surface area contributed by atoms with Gasteiger partial charge in [-0.05, 0) is 31.2 Å². The highest BCUT2D eigenvalue weighted by Crippen LogP contribution is 2.27. The first-order chi connectivity index (χ1) is 9.74. The minimum Gasteiger partial charge on any atom is -0.493 e. The lowest BCUT2D eigenvalue weighted by molar-refractivity contribution is 0.0956. The van der Waals surface area contributed by atoms with Crippen molar-refractivity contribution in [1.29, 1.82) is 0 Å². The number of benzene rings is 1. The van der Waals surface area contributed by atoms with Crippen LogP contribution in [0.2, 0.25) is 0 Å². The van der Waals surface area contributed by atoms with E-state index in [2.05, 4.69) is 16.7 Å². The average Bonchev–Trinajstić information content (AvgIpc) is 2.52. The first-order valence-electron chi connectivity index (χ1n) is 6.63. The van der Waals surface area contributed by atoms with Gasteiger partial charge in [0.25, 0.3) is 5.91 Å². The fourth-order valence-electron chi connectivity index (χ4n) is 2.10. The van der Waals surface area contributed by atoms with E-state index in [9.17, 15) is 4.79 Å². The third-order valence-electron chi connectivity index (χ3n) is 3.28. The van der Waals surface area contributed by atoms with Crippen LogP contribution in [0, 0.1) is 0 Å². The Kier molecular flexibility index (Phi) is 5.01. The molecule has 20 heavy (non-hydrogen) atoms. The molecule has 1 amide bonds. The highest BCUT2D eigenvalue weighted by Gasteiger charge is 2.11. The normalized spacial score (nSPS) is 14.4. The maximum atomic E-state index is 12.1. The molecule has 1 aromatic rings. The van der Waals surface area contributed by atoms with E-state index in [-0.39, 0.29) is 5.91 Å². The molecule has 5 heteroatoms. The molecule has 108 valence electrons. The molecule has 1 aliphatic rings. The van der Waals surface area contributed by atoms with Gasteiger partial charge in [-0.2, -0.15) is 0 Å². The molecular weight excluding hydrogens is 256 g/mol. The van der Waals surface area contributed by atoms with Crippen molar-refractivity contribution in [2.45, 2.75) is 6.42 Å². The van der Waals surface area contributed by atoms with Gasteiger partial charge in [-0.3, -0.25) is 4.79 Å². The minimum atomic E-state index is -0.106. The zero-order valence-corrected chi connectivity index (χ0v) is 11.9. The van der Waals surface area contributed by atoms with Crippen molar-refractivity contribution in [3.05, 3.63) is 35.4 Å². The summed E-state index contributed by atoms with van der Waals surface area (Å²) in [7, 11) is 3.13. The molecule has 2 N–H and O–H groups in total. The van der Waals surface area contributed by atoms with Gasteiger partial charge in [0, 0.05) is 18.7 Å². The second kappa shape index (κ2) is 6.96. The molecule has 1 aromatic carbocycles. The number of methoxy groups -OCH3 is 2. The van der Waals surface area contributed by atoms with Crippen LogP contribution in [0.25, 0.3) is 0 Å². The van der Waals surface area contributed by atoms with Gasteiger partial charge in [0.05, 0.1) is 14.2 Å². The van der Waals surface area contributed by atoms with E-state index >= 15 is 0 Å². The van der Waals surface area contributed by atoms with Gasteiger partial charge in [0.15, 0.2) is 11.5 Å². The summed E-state index contributed by atoms with van der Waals surface area (Å²) in [4.78, 5) is 12.1. The summed E-state index contributed by atoms with van der Waals surface area (Å²) in [5.74, 6) is 1.07. The van der Waals surface area contributed by atoms with Crippen molar-refractivity contribution in [1.82, 2.24) is 10.6 Å². The number of hydrogen-bond acceptors (Lipinski definition) is 4. The maximum absolute atomic E-state index is 12.1. The molecule has 0 saturated carbocycles. The van der Waals surface area contributed by atoms with E-state index < -0.39 is 0 Å². The van der Waals surface area contributed by atoms with E-state index in [1.165, 1.54) is 5.57 Å². The summed E-state index contributed by atoms with van der Waals surface area (Å²) >= 11 is 0. The molecule has 5 nitrogen and oxygen atoms in total. The van der Waals surface area contributed by atoms with Crippen LogP contribution >= 0.6 is 0 Å². The quantitative estimate of drug-likeness (QED) is 0.797. The van der Waals surface area contributed by atoms with Crippen LogP contribution in [0.1, 0.15) is 16.8 Å². The van der Waals surface area contributed by atoms with Crippen LogP contribution in [0.5, 0.6) is 11.5 Å². The predicted molar refractivity (Wildman–Crippen MR) is 77.4 cm³/mol. The van der Waals surface area contributed by atoms with Crippen molar-refractivity contribution in [3.63, 3.8) is 0 Å². The monoisotopic (exact) mass is 276 g/mol.